The van der Waals surface area contributed by atoms with Crippen molar-refractivity contribution in [3.8, 4) is 0 Å². The highest BCUT2D eigenvalue weighted by atomic mass is 16.1. The third kappa shape index (κ3) is 1.15. The standard InChI is InChI=1S/C19H20O2/c20-15-11-18-9-5-4-8-13(18)10-14-16(15)19(14,18)17(21)12-6-2-1-3-7-12/h1-3,6-7,13-14,16H,4-5,8-11H2/t13-,14?,16+,18?,19+/m0/s1. The molecule has 0 bridgehead atoms. The van der Waals surface area contributed by atoms with Crippen molar-refractivity contribution in [3.05, 3.63) is 35.9 Å². The molecule has 4 aliphatic carbocycles. The van der Waals surface area contributed by atoms with Crippen molar-refractivity contribution >= 4 is 11.6 Å². The third-order valence-corrected chi connectivity index (χ3v) is 7.19. The number of Topliss-reactive ketones (excluding diaryl/α,β-unsaturated/α-hetero) is 2. The molecule has 108 valence electrons. The van der Waals surface area contributed by atoms with Gasteiger partial charge in [-0.15, -0.1) is 0 Å². The third-order valence-electron chi connectivity index (χ3n) is 7.19. The molecule has 5 rings (SSSR count). The Hall–Kier alpha value is -1.44. The summed E-state index contributed by atoms with van der Waals surface area (Å²) in [6.07, 6.45) is 6.66. The molecule has 0 radical (unpaired) electrons. The van der Waals surface area contributed by atoms with Gasteiger partial charge in [-0.1, -0.05) is 43.2 Å². The molecule has 0 heterocycles. The maximum Gasteiger partial charge on any atom is 0.170 e. The molecule has 0 aromatic heterocycles. The normalized spacial score (nSPS) is 46.1. The molecule has 4 fully saturated rings. The molecule has 2 nitrogen and oxygen atoms in total. The summed E-state index contributed by atoms with van der Waals surface area (Å²) >= 11 is 0. The van der Waals surface area contributed by atoms with Gasteiger partial charge in [0.1, 0.15) is 5.78 Å². The first-order chi connectivity index (χ1) is 10.2. The fraction of sp³-hybridized carbons (Fsp3) is 0.579. The maximum atomic E-state index is 13.3. The van der Waals surface area contributed by atoms with Gasteiger partial charge in [0.05, 0.1) is 5.41 Å². The van der Waals surface area contributed by atoms with Gasteiger partial charge in [0.25, 0.3) is 0 Å². The van der Waals surface area contributed by atoms with Crippen LogP contribution in [0.3, 0.4) is 0 Å². The van der Waals surface area contributed by atoms with E-state index in [0.29, 0.717) is 24.0 Å². The van der Waals surface area contributed by atoms with Crippen molar-refractivity contribution in [2.24, 2.45) is 28.6 Å². The molecule has 1 spiro atoms. The summed E-state index contributed by atoms with van der Waals surface area (Å²) in [5, 5.41) is 0. The lowest BCUT2D eigenvalue weighted by atomic mass is 9.59. The van der Waals surface area contributed by atoms with Crippen LogP contribution in [0.1, 0.15) is 48.9 Å². The molecule has 4 saturated carbocycles. The quantitative estimate of drug-likeness (QED) is 0.775. The fourth-order valence-corrected chi connectivity index (χ4v) is 6.61. The van der Waals surface area contributed by atoms with E-state index >= 15 is 0 Å². The number of hydrogen-bond donors (Lipinski definition) is 0. The van der Waals surface area contributed by atoms with Crippen LogP contribution in [0.15, 0.2) is 30.3 Å². The van der Waals surface area contributed by atoms with Crippen LogP contribution in [0.4, 0.5) is 0 Å². The molecule has 4 aliphatic rings. The summed E-state index contributed by atoms with van der Waals surface area (Å²) in [6, 6.07) is 9.70. The second kappa shape index (κ2) is 3.66. The minimum atomic E-state index is -0.295. The average molecular weight is 280 g/mol. The largest absolute Gasteiger partial charge is 0.299 e. The lowest BCUT2D eigenvalue weighted by molar-refractivity contribution is -0.120. The Morgan fingerprint density at radius 2 is 1.95 bits per heavy atom. The van der Waals surface area contributed by atoms with Gasteiger partial charge in [0.2, 0.25) is 0 Å². The zero-order chi connectivity index (χ0) is 14.2. The summed E-state index contributed by atoms with van der Waals surface area (Å²) in [4.78, 5) is 25.8. The zero-order valence-corrected chi connectivity index (χ0v) is 12.2. The Labute approximate surface area is 124 Å². The van der Waals surface area contributed by atoms with E-state index in [1.165, 1.54) is 19.3 Å². The summed E-state index contributed by atoms with van der Waals surface area (Å²) in [5.41, 5.74) is 0.562. The summed E-state index contributed by atoms with van der Waals surface area (Å²) in [6.45, 7) is 0. The Morgan fingerprint density at radius 3 is 2.76 bits per heavy atom. The van der Waals surface area contributed by atoms with E-state index in [9.17, 15) is 9.59 Å². The van der Waals surface area contributed by atoms with Crippen molar-refractivity contribution in [3.63, 3.8) is 0 Å². The number of ketones is 2. The van der Waals surface area contributed by atoms with Crippen LogP contribution < -0.4 is 0 Å². The maximum absolute atomic E-state index is 13.3. The van der Waals surface area contributed by atoms with Crippen molar-refractivity contribution in [2.45, 2.75) is 38.5 Å². The van der Waals surface area contributed by atoms with Crippen molar-refractivity contribution < 1.29 is 9.59 Å². The molecular weight excluding hydrogens is 260 g/mol. The Balaban J connectivity index is 1.66. The lowest BCUT2D eigenvalue weighted by Crippen LogP contribution is -2.40. The monoisotopic (exact) mass is 280 g/mol. The predicted octanol–water partition coefficient (Wildman–Crippen LogP) is 3.65. The molecule has 0 N–H and O–H groups in total. The van der Waals surface area contributed by atoms with Crippen LogP contribution in [-0.2, 0) is 4.79 Å². The number of carbonyl (C=O) groups excluding carboxylic acids is 2. The van der Waals surface area contributed by atoms with E-state index in [-0.39, 0.29) is 22.5 Å². The molecular formula is C19H20O2. The van der Waals surface area contributed by atoms with Crippen LogP contribution in [-0.4, -0.2) is 11.6 Å². The predicted molar refractivity (Wildman–Crippen MR) is 78.8 cm³/mol. The van der Waals surface area contributed by atoms with Crippen molar-refractivity contribution in [1.82, 2.24) is 0 Å². The number of carbonyl (C=O) groups is 2. The van der Waals surface area contributed by atoms with Gasteiger partial charge in [-0.25, -0.2) is 0 Å². The molecule has 5 atom stereocenters. The summed E-state index contributed by atoms with van der Waals surface area (Å²) in [5.74, 6) is 1.75. The van der Waals surface area contributed by atoms with Gasteiger partial charge in [0, 0.05) is 17.9 Å². The van der Waals surface area contributed by atoms with E-state index in [4.69, 9.17) is 0 Å². The highest BCUT2D eigenvalue weighted by Crippen LogP contribution is 2.86. The van der Waals surface area contributed by atoms with Crippen LogP contribution >= 0.6 is 0 Å². The van der Waals surface area contributed by atoms with Crippen LogP contribution in [0.5, 0.6) is 0 Å². The molecule has 2 unspecified atom stereocenters. The van der Waals surface area contributed by atoms with E-state index in [1.807, 2.05) is 30.3 Å². The van der Waals surface area contributed by atoms with Crippen LogP contribution in [0.25, 0.3) is 0 Å². The Kier molecular flexibility index (Phi) is 2.11. The van der Waals surface area contributed by atoms with Gasteiger partial charge in [0.15, 0.2) is 5.78 Å². The van der Waals surface area contributed by atoms with Gasteiger partial charge in [-0.3, -0.25) is 9.59 Å². The molecule has 1 aromatic carbocycles. The molecule has 0 aliphatic heterocycles. The van der Waals surface area contributed by atoms with Crippen molar-refractivity contribution in [2.75, 3.05) is 0 Å². The topological polar surface area (TPSA) is 34.1 Å². The van der Waals surface area contributed by atoms with E-state index < -0.39 is 0 Å². The number of fused-ring (bicyclic) bond motifs is 1. The van der Waals surface area contributed by atoms with Gasteiger partial charge >= 0.3 is 0 Å². The second-order valence-electron chi connectivity index (χ2n) is 7.63. The average Bonchev–Trinajstić information content (AvgIpc) is 3.05. The fourth-order valence-electron chi connectivity index (χ4n) is 6.61. The summed E-state index contributed by atoms with van der Waals surface area (Å²) < 4.78 is 0. The lowest BCUT2D eigenvalue weighted by Gasteiger charge is -2.43. The first-order valence-electron chi connectivity index (χ1n) is 8.34. The second-order valence-corrected chi connectivity index (χ2v) is 7.63. The van der Waals surface area contributed by atoms with E-state index in [1.54, 1.807) is 0 Å². The number of rotatable bonds is 2. The van der Waals surface area contributed by atoms with Gasteiger partial charge in [-0.05, 0) is 36.5 Å². The molecule has 0 saturated heterocycles. The van der Waals surface area contributed by atoms with Crippen molar-refractivity contribution in [1.29, 1.82) is 0 Å². The number of hydrogen-bond acceptors (Lipinski definition) is 2. The molecule has 0 amide bonds. The smallest absolute Gasteiger partial charge is 0.170 e. The first-order valence-corrected chi connectivity index (χ1v) is 8.34. The van der Waals surface area contributed by atoms with E-state index in [0.717, 1.165) is 18.4 Å². The summed E-state index contributed by atoms with van der Waals surface area (Å²) in [7, 11) is 0. The van der Waals surface area contributed by atoms with Gasteiger partial charge in [-0.2, -0.15) is 0 Å². The minimum Gasteiger partial charge on any atom is -0.299 e. The Morgan fingerprint density at radius 1 is 1.14 bits per heavy atom. The van der Waals surface area contributed by atoms with Gasteiger partial charge < -0.3 is 0 Å². The zero-order valence-electron chi connectivity index (χ0n) is 12.2. The van der Waals surface area contributed by atoms with E-state index in [2.05, 4.69) is 0 Å². The highest BCUT2D eigenvalue weighted by Gasteiger charge is 2.88. The molecule has 1 aromatic rings. The first kappa shape index (κ1) is 12.1. The Bertz CT molecular complexity index is 649. The minimum absolute atomic E-state index is 0.0323. The van der Waals surface area contributed by atoms with Crippen LogP contribution in [0.2, 0.25) is 0 Å². The molecule has 21 heavy (non-hydrogen) atoms. The molecule has 2 heteroatoms. The van der Waals surface area contributed by atoms with Crippen LogP contribution in [0, 0.1) is 28.6 Å². The highest BCUT2D eigenvalue weighted by molar-refractivity contribution is 6.11. The number of benzene rings is 1. The SMILES string of the molecule is O=C1CC23CCCC[C@H]2CC2[C@H]1[C@@]23C(=O)c1ccccc1.